The minimum Gasteiger partial charge on any atom is -0.320 e. The number of aromatic nitrogens is 4. The highest BCUT2D eigenvalue weighted by atomic mass is 35.5. The molecule has 2 aliphatic rings. The van der Waals surface area contributed by atoms with E-state index in [0.29, 0.717) is 36.9 Å². The summed E-state index contributed by atoms with van der Waals surface area (Å²) in [6.07, 6.45) is 2.94. The molecule has 4 rings (SSSR count). The fraction of sp³-hybridized carbons (Fsp3) is 0.500. The fourth-order valence-electron chi connectivity index (χ4n) is 3.83. The monoisotopic (exact) mass is 419 g/mol. The van der Waals surface area contributed by atoms with E-state index in [1.54, 1.807) is 29.2 Å². The van der Waals surface area contributed by atoms with Gasteiger partial charge in [0.2, 0.25) is 0 Å². The molecule has 154 valence electrons. The van der Waals surface area contributed by atoms with E-state index in [2.05, 4.69) is 20.2 Å². The molecule has 2 fully saturated rings. The average molecular weight is 420 g/mol. The summed E-state index contributed by atoms with van der Waals surface area (Å²) in [4.78, 5) is 42.8. The van der Waals surface area contributed by atoms with Crippen molar-refractivity contribution in [2.45, 2.75) is 19.0 Å². The molecule has 2 aliphatic heterocycles. The van der Waals surface area contributed by atoms with Crippen LogP contribution in [-0.2, 0) is 4.79 Å². The lowest BCUT2D eigenvalue weighted by atomic mass is 10.3. The van der Waals surface area contributed by atoms with Gasteiger partial charge in [0.15, 0.2) is 6.29 Å². The predicted molar refractivity (Wildman–Crippen MR) is 105 cm³/mol. The molecule has 0 bridgehead atoms. The number of amides is 1. The van der Waals surface area contributed by atoms with Gasteiger partial charge >= 0.3 is 11.7 Å². The van der Waals surface area contributed by atoms with Crippen LogP contribution in [-0.4, -0.2) is 92.2 Å². The molecule has 2 aromatic rings. The first-order valence-electron chi connectivity index (χ1n) is 9.62. The molecule has 1 aromatic heterocycles. The van der Waals surface area contributed by atoms with Crippen molar-refractivity contribution in [1.82, 2.24) is 34.5 Å². The number of hydrogen-bond acceptors (Lipinski definition) is 7. The summed E-state index contributed by atoms with van der Waals surface area (Å²) in [6.45, 7) is 3.80. The SMILES string of the molecule is O=CC(N1CCCC1)N1CCN(C(=O)n2nnn(-c3ccc(Cl)cc3)c2=O)CC1. The minimum atomic E-state index is -0.636. The number of likely N-dealkylation sites (tertiary alicyclic amines) is 1. The van der Waals surface area contributed by atoms with Crippen molar-refractivity contribution >= 4 is 23.9 Å². The number of benzene rings is 1. The molecular formula is C18H22ClN7O3. The number of carbonyl (C=O) groups is 2. The van der Waals surface area contributed by atoms with Crippen molar-refractivity contribution in [3.63, 3.8) is 0 Å². The van der Waals surface area contributed by atoms with Gasteiger partial charge in [-0.05, 0) is 47.5 Å². The van der Waals surface area contributed by atoms with Crippen molar-refractivity contribution in [2.75, 3.05) is 39.3 Å². The second-order valence-electron chi connectivity index (χ2n) is 7.16. The molecule has 1 aromatic carbocycles. The van der Waals surface area contributed by atoms with E-state index >= 15 is 0 Å². The number of nitrogens with zero attached hydrogens (tertiary/aromatic N) is 7. The zero-order valence-corrected chi connectivity index (χ0v) is 16.6. The van der Waals surface area contributed by atoms with Crippen molar-refractivity contribution < 1.29 is 9.59 Å². The van der Waals surface area contributed by atoms with Gasteiger partial charge in [0.05, 0.1) is 5.69 Å². The second kappa shape index (κ2) is 8.44. The number of hydrogen-bond donors (Lipinski definition) is 0. The second-order valence-corrected chi connectivity index (χ2v) is 7.60. The summed E-state index contributed by atoms with van der Waals surface area (Å²) >= 11 is 5.86. The number of rotatable bonds is 4. The van der Waals surface area contributed by atoms with Gasteiger partial charge in [-0.25, -0.2) is 9.59 Å². The Morgan fingerprint density at radius 1 is 0.966 bits per heavy atom. The Morgan fingerprint density at radius 3 is 2.21 bits per heavy atom. The Labute approximate surface area is 172 Å². The molecule has 0 N–H and O–H groups in total. The molecule has 0 radical (unpaired) electrons. The summed E-state index contributed by atoms with van der Waals surface area (Å²) in [5.41, 5.74) is -0.162. The summed E-state index contributed by atoms with van der Waals surface area (Å²) in [5, 5.41) is 8.07. The van der Waals surface area contributed by atoms with E-state index in [0.717, 1.165) is 41.6 Å². The maximum absolute atomic E-state index is 12.8. The Morgan fingerprint density at radius 2 is 1.59 bits per heavy atom. The Balaban J connectivity index is 1.43. The lowest BCUT2D eigenvalue weighted by molar-refractivity contribution is -0.119. The molecule has 11 heteroatoms. The van der Waals surface area contributed by atoms with Crippen molar-refractivity contribution in [2.24, 2.45) is 0 Å². The normalized spacial score (nSPS) is 19.4. The van der Waals surface area contributed by atoms with Crippen LogP contribution in [0, 0.1) is 0 Å². The fourth-order valence-corrected chi connectivity index (χ4v) is 3.96. The summed E-state index contributed by atoms with van der Waals surface area (Å²) < 4.78 is 1.82. The van der Waals surface area contributed by atoms with E-state index in [4.69, 9.17) is 11.6 Å². The van der Waals surface area contributed by atoms with Gasteiger partial charge in [0, 0.05) is 44.3 Å². The van der Waals surface area contributed by atoms with Crippen LogP contribution >= 0.6 is 11.6 Å². The highest BCUT2D eigenvalue weighted by Crippen LogP contribution is 2.16. The highest BCUT2D eigenvalue weighted by Gasteiger charge is 2.32. The van der Waals surface area contributed by atoms with Crippen LogP contribution in [0.15, 0.2) is 29.1 Å². The third-order valence-corrected chi connectivity index (χ3v) is 5.68. The first kappa shape index (κ1) is 19.7. The Kier molecular flexibility index (Phi) is 5.74. The van der Waals surface area contributed by atoms with Crippen molar-refractivity contribution in [3.8, 4) is 5.69 Å². The molecular weight excluding hydrogens is 398 g/mol. The van der Waals surface area contributed by atoms with Crippen LogP contribution < -0.4 is 5.69 Å². The van der Waals surface area contributed by atoms with Gasteiger partial charge in [-0.15, -0.1) is 4.68 Å². The molecule has 1 amide bonds. The zero-order chi connectivity index (χ0) is 20.4. The molecule has 0 aliphatic carbocycles. The van der Waals surface area contributed by atoms with Crippen LogP contribution in [0.1, 0.15) is 12.8 Å². The van der Waals surface area contributed by atoms with E-state index in [-0.39, 0.29) is 6.17 Å². The molecule has 29 heavy (non-hydrogen) atoms. The topological polar surface area (TPSA) is 96.6 Å². The smallest absolute Gasteiger partial charge is 0.320 e. The van der Waals surface area contributed by atoms with Gasteiger partial charge in [-0.3, -0.25) is 9.80 Å². The molecule has 10 nitrogen and oxygen atoms in total. The van der Waals surface area contributed by atoms with Gasteiger partial charge in [-0.2, -0.15) is 4.68 Å². The number of carbonyl (C=O) groups excluding carboxylic acids is 2. The molecule has 0 spiro atoms. The maximum Gasteiger partial charge on any atom is 0.377 e. The summed E-state index contributed by atoms with van der Waals surface area (Å²) in [5.74, 6) is 0. The number of piperazine rings is 1. The van der Waals surface area contributed by atoms with E-state index in [9.17, 15) is 14.4 Å². The van der Waals surface area contributed by atoms with Gasteiger partial charge in [0.25, 0.3) is 0 Å². The highest BCUT2D eigenvalue weighted by molar-refractivity contribution is 6.30. The molecule has 1 atom stereocenters. The standard InChI is InChI=1S/C18H22ClN7O3/c19-14-3-5-15(6-4-14)25-18(29)26(21-20-25)17(28)24-11-9-23(10-12-24)16(13-27)22-7-1-2-8-22/h3-6,13,16H,1-2,7-12H2. The van der Waals surface area contributed by atoms with Crippen LogP contribution in [0.2, 0.25) is 5.02 Å². The van der Waals surface area contributed by atoms with Gasteiger partial charge in [-0.1, -0.05) is 11.6 Å². The Hall–Kier alpha value is -2.56. The van der Waals surface area contributed by atoms with Gasteiger partial charge in [0.1, 0.15) is 6.17 Å². The van der Waals surface area contributed by atoms with Crippen LogP contribution in [0.4, 0.5) is 4.79 Å². The van der Waals surface area contributed by atoms with E-state index in [1.807, 2.05) is 0 Å². The molecule has 3 heterocycles. The maximum atomic E-state index is 12.8. The van der Waals surface area contributed by atoms with Crippen molar-refractivity contribution in [3.05, 3.63) is 39.8 Å². The molecule has 0 saturated carbocycles. The van der Waals surface area contributed by atoms with E-state index < -0.39 is 11.7 Å². The first-order chi connectivity index (χ1) is 14.1. The minimum absolute atomic E-state index is 0.247. The molecule has 1 unspecified atom stereocenters. The number of aldehydes is 1. The number of halogens is 1. The van der Waals surface area contributed by atoms with Crippen LogP contribution in [0.25, 0.3) is 5.69 Å². The van der Waals surface area contributed by atoms with Crippen LogP contribution in [0.3, 0.4) is 0 Å². The van der Waals surface area contributed by atoms with E-state index in [1.165, 1.54) is 0 Å². The third kappa shape index (κ3) is 3.96. The Bertz CT molecular complexity index is 928. The average Bonchev–Trinajstić information content (AvgIpc) is 3.40. The zero-order valence-electron chi connectivity index (χ0n) is 15.9. The number of tetrazole rings is 1. The summed E-state index contributed by atoms with van der Waals surface area (Å²) in [6, 6.07) is 6.01. The lowest BCUT2D eigenvalue weighted by Gasteiger charge is -2.39. The van der Waals surface area contributed by atoms with Crippen molar-refractivity contribution in [1.29, 1.82) is 0 Å². The molecule has 2 saturated heterocycles. The quantitative estimate of drug-likeness (QED) is 0.519. The predicted octanol–water partition coefficient (Wildman–Crippen LogP) is 0.289. The van der Waals surface area contributed by atoms with Gasteiger partial charge < -0.3 is 9.69 Å². The largest absolute Gasteiger partial charge is 0.377 e. The van der Waals surface area contributed by atoms with Crippen LogP contribution in [0.5, 0.6) is 0 Å². The summed E-state index contributed by atoms with van der Waals surface area (Å²) in [7, 11) is 0. The lowest BCUT2D eigenvalue weighted by Crippen LogP contribution is -2.58. The third-order valence-electron chi connectivity index (χ3n) is 5.43. The first-order valence-corrected chi connectivity index (χ1v) is 10.00.